The van der Waals surface area contributed by atoms with Crippen molar-refractivity contribution in [1.82, 2.24) is 9.80 Å². The summed E-state index contributed by atoms with van der Waals surface area (Å²) in [6.45, 7) is 3.40. The van der Waals surface area contributed by atoms with Crippen molar-refractivity contribution in [3.63, 3.8) is 0 Å². The topological polar surface area (TPSA) is 35.6 Å². The van der Waals surface area contributed by atoms with Crippen LogP contribution in [0.1, 0.15) is 12.0 Å². The van der Waals surface area contributed by atoms with Gasteiger partial charge in [-0.3, -0.25) is 4.90 Å². The van der Waals surface area contributed by atoms with E-state index in [2.05, 4.69) is 21.7 Å². The van der Waals surface area contributed by atoms with E-state index in [4.69, 9.17) is 0 Å². The summed E-state index contributed by atoms with van der Waals surface area (Å²) in [6.07, 6.45) is 0.790. The fraction of sp³-hybridized carbons (Fsp3) is 0.353. The lowest BCUT2D eigenvalue weighted by Crippen LogP contribution is -2.38. The molecular weight excluding hydrogens is 351 g/mol. The van der Waals surface area contributed by atoms with Gasteiger partial charge in [-0.2, -0.15) is 11.3 Å². The van der Waals surface area contributed by atoms with Gasteiger partial charge >= 0.3 is 6.03 Å². The van der Waals surface area contributed by atoms with Gasteiger partial charge < -0.3 is 10.2 Å². The fourth-order valence-corrected chi connectivity index (χ4v) is 3.45. The predicted octanol–water partition coefficient (Wildman–Crippen LogP) is 3.91. The molecule has 2 aromatic rings. The molecule has 4 nitrogen and oxygen atoms in total. The molecule has 1 fully saturated rings. The van der Waals surface area contributed by atoms with E-state index in [1.54, 1.807) is 16.2 Å². The van der Waals surface area contributed by atoms with Crippen molar-refractivity contribution in [2.45, 2.75) is 13.0 Å². The molecule has 0 unspecified atom stereocenters. The Morgan fingerprint density at radius 2 is 1.92 bits per heavy atom. The summed E-state index contributed by atoms with van der Waals surface area (Å²) >= 11 is 1.65. The van der Waals surface area contributed by atoms with Gasteiger partial charge in [0, 0.05) is 32.7 Å². The molecule has 0 bridgehead atoms. The molecule has 1 aliphatic heterocycles. The molecule has 1 N–H and O–H groups in total. The Morgan fingerprint density at radius 1 is 1.08 bits per heavy atom. The van der Waals surface area contributed by atoms with Gasteiger partial charge in [-0.1, -0.05) is 0 Å². The maximum atomic E-state index is 13.7. The van der Waals surface area contributed by atoms with Crippen LogP contribution in [0.15, 0.2) is 29.0 Å². The zero-order valence-electron chi connectivity index (χ0n) is 13.5. The molecule has 8 heteroatoms. The monoisotopic (exact) mass is 369 g/mol. The maximum Gasteiger partial charge on any atom is 0.321 e. The van der Waals surface area contributed by atoms with Crippen LogP contribution in [0.2, 0.25) is 0 Å². The van der Waals surface area contributed by atoms with Gasteiger partial charge in [0.25, 0.3) is 0 Å². The molecule has 1 aliphatic rings. The predicted molar refractivity (Wildman–Crippen MR) is 91.1 cm³/mol. The number of hydrogen-bond donors (Lipinski definition) is 1. The third-order valence-corrected chi connectivity index (χ3v) is 4.87. The standard InChI is InChI=1S/C17H18F3N3OS/c18-13-2-3-14(16(20)15(13)19)21-17(24)23-6-1-5-22(7-8-23)10-12-4-9-25-11-12/h2-4,9,11H,1,5-8,10H2,(H,21,24). The molecule has 3 rings (SSSR count). The van der Waals surface area contributed by atoms with Crippen LogP contribution in [0.25, 0.3) is 0 Å². The van der Waals surface area contributed by atoms with E-state index >= 15 is 0 Å². The minimum Gasteiger partial charge on any atom is -0.323 e. The van der Waals surface area contributed by atoms with Crippen molar-refractivity contribution in [2.75, 3.05) is 31.5 Å². The van der Waals surface area contributed by atoms with E-state index < -0.39 is 23.5 Å². The highest BCUT2D eigenvalue weighted by atomic mass is 32.1. The van der Waals surface area contributed by atoms with Crippen molar-refractivity contribution in [3.05, 3.63) is 52.0 Å². The number of rotatable bonds is 3. The summed E-state index contributed by atoms with van der Waals surface area (Å²) in [6, 6.07) is 3.37. The van der Waals surface area contributed by atoms with Gasteiger partial charge in [0.2, 0.25) is 0 Å². The van der Waals surface area contributed by atoms with Gasteiger partial charge in [-0.25, -0.2) is 18.0 Å². The number of nitrogens with zero attached hydrogens (tertiary/aromatic N) is 2. The van der Waals surface area contributed by atoms with Gasteiger partial charge in [0.1, 0.15) is 0 Å². The molecule has 1 aromatic carbocycles. The molecule has 0 aliphatic carbocycles. The molecule has 25 heavy (non-hydrogen) atoms. The van der Waals surface area contributed by atoms with Gasteiger partial charge in [0.05, 0.1) is 5.69 Å². The van der Waals surface area contributed by atoms with Crippen LogP contribution in [-0.4, -0.2) is 42.0 Å². The summed E-state index contributed by atoms with van der Waals surface area (Å²) in [5.41, 5.74) is 0.884. The van der Waals surface area contributed by atoms with E-state index in [1.807, 2.05) is 5.38 Å². The summed E-state index contributed by atoms with van der Waals surface area (Å²) in [5.74, 6) is -4.26. The van der Waals surface area contributed by atoms with E-state index in [0.717, 1.165) is 31.6 Å². The first-order valence-electron chi connectivity index (χ1n) is 7.97. The smallest absolute Gasteiger partial charge is 0.321 e. The van der Waals surface area contributed by atoms with Crippen molar-refractivity contribution in [2.24, 2.45) is 0 Å². The number of thiophene rings is 1. The lowest BCUT2D eigenvalue weighted by Gasteiger charge is -2.22. The number of urea groups is 1. The number of nitrogens with one attached hydrogen (secondary N) is 1. The second kappa shape index (κ2) is 7.88. The quantitative estimate of drug-likeness (QED) is 0.833. The van der Waals surface area contributed by atoms with E-state index in [1.165, 1.54) is 5.56 Å². The first-order chi connectivity index (χ1) is 12.0. The Kier molecular flexibility index (Phi) is 5.60. The Morgan fingerprint density at radius 3 is 2.68 bits per heavy atom. The van der Waals surface area contributed by atoms with Gasteiger partial charge in [-0.05, 0) is 40.9 Å². The first-order valence-corrected chi connectivity index (χ1v) is 8.91. The van der Waals surface area contributed by atoms with Crippen LogP contribution in [0.5, 0.6) is 0 Å². The summed E-state index contributed by atoms with van der Waals surface area (Å²) in [4.78, 5) is 16.1. The van der Waals surface area contributed by atoms with Crippen LogP contribution < -0.4 is 5.32 Å². The minimum atomic E-state index is -1.59. The highest BCUT2D eigenvalue weighted by Gasteiger charge is 2.21. The third kappa shape index (κ3) is 4.32. The van der Waals surface area contributed by atoms with Crippen LogP contribution in [0.4, 0.5) is 23.7 Å². The normalized spacial score (nSPS) is 15.9. The molecule has 2 amide bonds. The van der Waals surface area contributed by atoms with Crippen LogP contribution in [0, 0.1) is 17.5 Å². The first kappa shape index (κ1) is 17.8. The Hall–Kier alpha value is -2.06. The Bertz CT molecular complexity index is 739. The summed E-state index contributed by atoms with van der Waals surface area (Å²) < 4.78 is 39.9. The molecule has 2 heterocycles. The number of halogens is 3. The second-order valence-electron chi connectivity index (χ2n) is 5.90. The molecule has 1 saturated heterocycles. The van der Waals surface area contributed by atoms with E-state index in [-0.39, 0.29) is 5.69 Å². The SMILES string of the molecule is O=C(Nc1ccc(F)c(F)c1F)N1CCCN(Cc2ccsc2)CC1. The number of carbonyl (C=O) groups excluding carboxylic acids is 1. The molecule has 0 radical (unpaired) electrons. The van der Waals surface area contributed by atoms with Crippen LogP contribution >= 0.6 is 11.3 Å². The average molecular weight is 369 g/mol. The largest absolute Gasteiger partial charge is 0.323 e. The third-order valence-electron chi connectivity index (χ3n) is 4.14. The number of amides is 2. The highest BCUT2D eigenvalue weighted by molar-refractivity contribution is 7.07. The van der Waals surface area contributed by atoms with E-state index in [9.17, 15) is 18.0 Å². The number of carbonyl (C=O) groups is 1. The number of hydrogen-bond acceptors (Lipinski definition) is 3. The average Bonchev–Trinajstić information content (AvgIpc) is 2.99. The van der Waals surface area contributed by atoms with Crippen molar-refractivity contribution >= 4 is 23.1 Å². The van der Waals surface area contributed by atoms with Gasteiger partial charge in [-0.15, -0.1) is 0 Å². The molecule has 0 spiro atoms. The Balaban J connectivity index is 1.59. The summed E-state index contributed by atoms with van der Waals surface area (Å²) in [5, 5.41) is 6.45. The van der Waals surface area contributed by atoms with Crippen LogP contribution in [-0.2, 0) is 6.54 Å². The lowest BCUT2D eigenvalue weighted by atomic mass is 10.3. The zero-order valence-corrected chi connectivity index (χ0v) is 14.3. The fourth-order valence-electron chi connectivity index (χ4n) is 2.79. The lowest BCUT2D eigenvalue weighted by molar-refractivity contribution is 0.211. The van der Waals surface area contributed by atoms with Crippen LogP contribution in [0.3, 0.4) is 0 Å². The van der Waals surface area contributed by atoms with E-state index in [0.29, 0.717) is 19.6 Å². The number of benzene rings is 1. The zero-order chi connectivity index (χ0) is 17.8. The molecule has 0 saturated carbocycles. The minimum absolute atomic E-state index is 0.358. The molecular formula is C17H18F3N3OS. The molecule has 0 atom stereocenters. The highest BCUT2D eigenvalue weighted by Crippen LogP contribution is 2.20. The summed E-state index contributed by atoms with van der Waals surface area (Å²) in [7, 11) is 0. The second-order valence-corrected chi connectivity index (χ2v) is 6.68. The van der Waals surface area contributed by atoms with Crippen molar-refractivity contribution in [1.29, 1.82) is 0 Å². The van der Waals surface area contributed by atoms with Crippen molar-refractivity contribution < 1.29 is 18.0 Å². The number of anilines is 1. The molecule has 134 valence electrons. The van der Waals surface area contributed by atoms with Gasteiger partial charge in [0.15, 0.2) is 17.5 Å². The Labute approximate surface area is 147 Å². The van der Waals surface area contributed by atoms with Crippen molar-refractivity contribution in [3.8, 4) is 0 Å². The molecule has 1 aromatic heterocycles. The maximum absolute atomic E-state index is 13.7.